The molecule has 2 heterocycles. The number of nitrogens with two attached hydrogens (primary N) is 1. The number of hydrogen-bond donors (Lipinski definition) is 1. The minimum Gasteiger partial charge on any atom is -0.336 e. The second-order valence-electron chi connectivity index (χ2n) is 7.14. The van der Waals surface area contributed by atoms with E-state index >= 15 is 0 Å². The predicted octanol–water partition coefficient (Wildman–Crippen LogP) is 2.32. The summed E-state index contributed by atoms with van der Waals surface area (Å²) in [4.78, 5) is 4.14. The fourth-order valence-corrected chi connectivity index (χ4v) is 4.93. The summed E-state index contributed by atoms with van der Waals surface area (Å²) in [5.74, 6) is 0.675. The van der Waals surface area contributed by atoms with Crippen LogP contribution in [0.2, 0.25) is 0 Å². The van der Waals surface area contributed by atoms with Gasteiger partial charge in [0.1, 0.15) is 0 Å². The molecule has 0 saturated carbocycles. The van der Waals surface area contributed by atoms with Crippen LogP contribution in [0.1, 0.15) is 25.3 Å². The molecule has 0 aliphatic carbocycles. The maximum atomic E-state index is 13.0. The van der Waals surface area contributed by atoms with E-state index in [1.54, 1.807) is 12.5 Å². The van der Waals surface area contributed by atoms with Gasteiger partial charge in [0.25, 0.3) is 10.0 Å². The van der Waals surface area contributed by atoms with Crippen LogP contribution in [0.25, 0.3) is 0 Å². The third kappa shape index (κ3) is 4.28. The molecule has 2 aromatic rings. The molecule has 0 bridgehead atoms. The largest absolute Gasteiger partial charge is 0.336 e. The van der Waals surface area contributed by atoms with E-state index in [0.717, 1.165) is 12.1 Å². The zero-order chi connectivity index (χ0) is 18.0. The van der Waals surface area contributed by atoms with E-state index in [1.807, 2.05) is 34.9 Å². The lowest BCUT2D eigenvalue weighted by atomic mass is 9.89. The molecule has 2 atom stereocenters. The van der Waals surface area contributed by atoms with Gasteiger partial charge >= 0.3 is 0 Å². The molecule has 26 heavy (non-hydrogen) atoms. The van der Waals surface area contributed by atoms with E-state index in [-0.39, 0.29) is 29.3 Å². The van der Waals surface area contributed by atoms with Gasteiger partial charge in [-0.15, -0.1) is 12.4 Å². The van der Waals surface area contributed by atoms with Crippen LogP contribution in [0.15, 0.2) is 47.9 Å². The second kappa shape index (κ2) is 8.52. The van der Waals surface area contributed by atoms with Gasteiger partial charge in [0.05, 0.1) is 6.33 Å². The molecule has 0 radical (unpaired) electrons. The number of imidazole rings is 1. The maximum absolute atomic E-state index is 13.0. The molecule has 144 valence electrons. The predicted molar refractivity (Wildman–Crippen MR) is 105 cm³/mol. The number of nitrogens with zero attached hydrogens (tertiary/aromatic N) is 3. The summed E-state index contributed by atoms with van der Waals surface area (Å²) in [6, 6.07) is 10.0. The minimum absolute atomic E-state index is 0. The Kier molecular flexibility index (Phi) is 6.85. The van der Waals surface area contributed by atoms with Crippen molar-refractivity contribution in [1.29, 1.82) is 0 Å². The number of sulfonamides is 1. The first kappa shape index (κ1) is 20.9. The average molecular weight is 399 g/mol. The van der Waals surface area contributed by atoms with Crippen molar-refractivity contribution in [1.82, 2.24) is 13.9 Å². The van der Waals surface area contributed by atoms with E-state index in [4.69, 9.17) is 5.73 Å². The number of benzene rings is 1. The van der Waals surface area contributed by atoms with Gasteiger partial charge in [0.2, 0.25) is 0 Å². The highest BCUT2D eigenvalue weighted by atomic mass is 35.5. The highest BCUT2D eigenvalue weighted by Crippen LogP contribution is 2.34. The van der Waals surface area contributed by atoms with Gasteiger partial charge in [-0.1, -0.05) is 44.2 Å². The molecule has 2 N–H and O–H groups in total. The Morgan fingerprint density at radius 1 is 1.23 bits per heavy atom. The molecule has 6 nitrogen and oxygen atoms in total. The molecule has 0 spiro atoms. The fraction of sp³-hybridized carbons (Fsp3) is 0.500. The Bertz CT molecular complexity index is 808. The first-order valence-corrected chi connectivity index (χ1v) is 10.1. The lowest BCUT2D eigenvalue weighted by molar-refractivity contribution is 0.456. The second-order valence-corrected chi connectivity index (χ2v) is 9.02. The molecule has 1 aromatic heterocycles. The molecular formula is C18H27ClN4O2S. The van der Waals surface area contributed by atoms with E-state index in [2.05, 4.69) is 18.8 Å². The topological polar surface area (TPSA) is 81.2 Å². The van der Waals surface area contributed by atoms with Crippen molar-refractivity contribution in [3.05, 3.63) is 48.4 Å². The third-order valence-corrected chi connectivity index (χ3v) is 6.45. The summed E-state index contributed by atoms with van der Waals surface area (Å²) < 4.78 is 29.3. The Morgan fingerprint density at radius 2 is 1.92 bits per heavy atom. The average Bonchev–Trinajstić information content (AvgIpc) is 3.22. The van der Waals surface area contributed by atoms with Crippen LogP contribution in [0.5, 0.6) is 0 Å². The lowest BCUT2D eigenvalue weighted by Gasteiger charge is -2.16. The van der Waals surface area contributed by atoms with E-state index in [1.165, 1.54) is 4.31 Å². The van der Waals surface area contributed by atoms with Crippen LogP contribution >= 0.6 is 12.4 Å². The normalized spacial score (nSPS) is 21.1. The minimum atomic E-state index is -3.59. The van der Waals surface area contributed by atoms with Crippen LogP contribution in [-0.2, 0) is 16.6 Å². The van der Waals surface area contributed by atoms with Gasteiger partial charge < -0.3 is 10.3 Å². The van der Waals surface area contributed by atoms with Crippen LogP contribution < -0.4 is 5.73 Å². The Balaban J connectivity index is 0.00000243. The van der Waals surface area contributed by atoms with Crippen LogP contribution in [-0.4, -0.2) is 41.9 Å². The zero-order valence-corrected chi connectivity index (χ0v) is 16.8. The van der Waals surface area contributed by atoms with Gasteiger partial charge in [-0.2, -0.15) is 4.31 Å². The summed E-state index contributed by atoms with van der Waals surface area (Å²) in [5, 5.41) is 0.123. The standard InChI is InChI=1S/C18H26N4O2S.ClH/c1-14(2)9-21-12-18(20-13-21)25(23,24)22-10-16(8-19)17(11-22)15-6-4-3-5-7-15;/h3-7,12-14,16-17H,8-11,19H2,1-2H3;1H/t16-,17+;/m1./s1. The number of hydrogen-bond acceptors (Lipinski definition) is 4. The SMILES string of the molecule is CC(C)Cn1cnc(S(=O)(=O)N2C[C@@H](CN)[C@H](c3ccccc3)C2)c1.Cl. The van der Waals surface area contributed by atoms with Gasteiger partial charge in [0.15, 0.2) is 5.03 Å². The van der Waals surface area contributed by atoms with Crippen molar-refractivity contribution >= 4 is 22.4 Å². The number of aromatic nitrogens is 2. The molecule has 1 fully saturated rings. The Hall–Kier alpha value is -1.41. The molecule has 1 aliphatic heterocycles. The number of rotatable bonds is 6. The lowest BCUT2D eigenvalue weighted by Crippen LogP contribution is -2.30. The summed E-state index contributed by atoms with van der Waals surface area (Å²) in [6.07, 6.45) is 3.22. The number of halogens is 1. The Labute approximate surface area is 161 Å². The molecule has 3 rings (SSSR count). The van der Waals surface area contributed by atoms with Crippen molar-refractivity contribution in [2.45, 2.75) is 31.3 Å². The van der Waals surface area contributed by atoms with Gasteiger partial charge in [0, 0.05) is 31.7 Å². The van der Waals surface area contributed by atoms with Crippen molar-refractivity contribution in [3.8, 4) is 0 Å². The molecule has 8 heteroatoms. The summed E-state index contributed by atoms with van der Waals surface area (Å²) in [7, 11) is -3.59. The zero-order valence-electron chi connectivity index (χ0n) is 15.2. The maximum Gasteiger partial charge on any atom is 0.262 e. The first-order valence-electron chi connectivity index (χ1n) is 8.68. The van der Waals surface area contributed by atoms with Gasteiger partial charge in [-0.25, -0.2) is 13.4 Å². The smallest absolute Gasteiger partial charge is 0.262 e. The monoisotopic (exact) mass is 398 g/mol. The molecule has 0 amide bonds. The highest BCUT2D eigenvalue weighted by molar-refractivity contribution is 7.89. The Morgan fingerprint density at radius 3 is 2.54 bits per heavy atom. The van der Waals surface area contributed by atoms with Gasteiger partial charge in [-0.05, 0) is 23.9 Å². The highest BCUT2D eigenvalue weighted by Gasteiger charge is 2.40. The molecule has 1 aliphatic rings. The van der Waals surface area contributed by atoms with Gasteiger partial charge in [-0.3, -0.25) is 0 Å². The van der Waals surface area contributed by atoms with E-state index < -0.39 is 10.0 Å². The van der Waals surface area contributed by atoms with E-state index in [0.29, 0.717) is 25.6 Å². The summed E-state index contributed by atoms with van der Waals surface area (Å²) in [6.45, 7) is 6.28. The third-order valence-electron chi connectivity index (χ3n) is 4.73. The molecular weight excluding hydrogens is 372 g/mol. The summed E-state index contributed by atoms with van der Waals surface area (Å²) in [5.41, 5.74) is 7.06. The molecule has 0 unspecified atom stereocenters. The van der Waals surface area contributed by atoms with Crippen LogP contribution in [0.4, 0.5) is 0 Å². The quantitative estimate of drug-likeness (QED) is 0.809. The van der Waals surface area contributed by atoms with Crippen molar-refractivity contribution in [3.63, 3.8) is 0 Å². The van der Waals surface area contributed by atoms with Crippen molar-refractivity contribution < 1.29 is 8.42 Å². The molecule has 1 saturated heterocycles. The van der Waals surface area contributed by atoms with Crippen molar-refractivity contribution in [2.24, 2.45) is 17.6 Å². The summed E-state index contributed by atoms with van der Waals surface area (Å²) >= 11 is 0. The van der Waals surface area contributed by atoms with Crippen LogP contribution in [0.3, 0.4) is 0 Å². The van der Waals surface area contributed by atoms with E-state index in [9.17, 15) is 8.42 Å². The van der Waals surface area contributed by atoms with Crippen LogP contribution in [0, 0.1) is 11.8 Å². The fourth-order valence-electron chi connectivity index (χ4n) is 3.47. The van der Waals surface area contributed by atoms with Crippen molar-refractivity contribution in [2.75, 3.05) is 19.6 Å². The first-order chi connectivity index (χ1) is 11.9. The molecule has 1 aromatic carbocycles.